The Hall–Kier alpha value is -2.02. The highest BCUT2D eigenvalue weighted by atomic mass is 32.2. The average Bonchev–Trinajstić information content (AvgIpc) is 2.93. The van der Waals surface area contributed by atoms with Gasteiger partial charge in [0.2, 0.25) is 5.91 Å². The van der Waals surface area contributed by atoms with Crippen molar-refractivity contribution >= 4 is 34.7 Å². The van der Waals surface area contributed by atoms with Gasteiger partial charge in [0.1, 0.15) is 5.52 Å². The van der Waals surface area contributed by atoms with E-state index in [-0.39, 0.29) is 17.6 Å². The smallest absolute Gasteiger partial charge is 0.305 e. The van der Waals surface area contributed by atoms with Gasteiger partial charge in [0.15, 0.2) is 5.58 Å². The van der Waals surface area contributed by atoms with Crippen molar-refractivity contribution in [2.24, 2.45) is 0 Å². The molecule has 6 nitrogen and oxygen atoms in total. The molecule has 2 aromatic rings. The normalized spacial score (nSPS) is 10.6. The van der Waals surface area contributed by atoms with Crippen molar-refractivity contribution in [1.82, 2.24) is 10.3 Å². The molecule has 1 amide bonds. The summed E-state index contributed by atoms with van der Waals surface area (Å²) in [5.74, 6) is -0.125. The van der Waals surface area contributed by atoms with E-state index in [9.17, 15) is 9.59 Å². The third-order valence-corrected chi connectivity index (χ3v) is 3.61. The number of benzene rings is 1. The molecule has 1 aromatic carbocycles. The number of oxazole rings is 1. The van der Waals surface area contributed by atoms with Gasteiger partial charge in [-0.3, -0.25) is 9.59 Å². The Kier molecular flexibility index (Phi) is 6.27. The number of nitrogens with one attached hydrogen (secondary N) is 1. The Morgan fingerprint density at radius 1 is 1.36 bits per heavy atom. The van der Waals surface area contributed by atoms with E-state index < -0.39 is 0 Å². The quantitative estimate of drug-likeness (QED) is 0.456. The van der Waals surface area contributed by atoms with Crippen molar-refractivity contribution in [3.8, 4) is 0 Å². The predicted octanol–water partition coefficient (Wildman–Crippen LogP) is 2.38. The van der Waals surface area contributed by atoms with Crippen LogP contribution in [-0.4, -0.2) is 35.8 Å². The van der Waals surface area contributed by atoms with Crippen molar-refractivity contribution in [2.75, 3.05) is 18.9 Å². The maximum Gasteiger partial charge on any atom is 0.305 e. The fraction of sp³-hybridized carbons (Fsp3) is 0.400. The van der Waals surface area contributed by atoms with Gasteiger partial charge < -0.3 is 14.5 Å². The Morgan fingerprint density at radius 3 is 2.95 bits per heavy atom. The monoisotopic (exact) mass is 322 g/mol. The Labute approximate surface area is 132 Å². The fourth-order valence-electron chi connectivity index (χ4n) is 1.78. The Bertz CT molecular complexity index is 608. The lowest BCUT2D eigenvalue weighted by Gasteiger charge is -2.04. The molecule has 0 aliphatic heterocycles. The number of carbonyl (C=O) groups is 2. The van der Waals surface area contributed by atoms with Gasteiger partial charge in [-0.25, -0.2) is 4.98 Å². The summed E-state index contributed by atoms with van der Waals surface area (Å²) in [5.41, 5.74) is 1.49. The molecule has 7 heteroatoms. The van der Waals surface area contributed by atoms with E-state index in [1.165, 1.54) is 11.8 Å². The van der Waals surface area contributed by atoms with Gasteiger partial charge >= 0.3 is 5.97 Å². The number of thioether (sulfide) groups is 1. The largest absolute Gasteiger partial charge is 0.466 e. The maximum absolute atomic E-state index is 11.7. The number of amides is 1. The van der Waals surface area contributed by atoms with Crippen LogP contribution in [0.25, 0.3) is 11.1 Å². The number of nitrogens with zero attached hydrogens (tertiary/aromatic N) is 1. The van der Waals surface area contributed by atoms with Gasteiger partial charge in [-0.1, -0.05) is 23.9 Å². The first-order valence-corrected chi connectivity index (χ1v) is 8.08. The van der Waals surface area contributed by atoms with Crippen LogP contribution in [0.1, 0.15) is 19.8 Å². The van der Waals surface area contributed by atoms with Gasteiger partial charge in [0, 0.05) is 13.0 Å². The van der Waals surface area contributed by atoms with Gasteiger partial charge in [0.25, 0.3) is 5.22 Å². The minimum Gasteiger partial charge on any atom is -0.466 e. The van der Waals surface area contributed by atoms with Gasteiger partial charge in [-0.2, -0.15) is 0 Å². The van der Waals surface area contributed by atoms with Gasteiger partial charge in [-0.05, 0) is 25.5 Å². The lowest BCUT2D eigenvalue weighted by atomic mass is 10.3. The van der Waals surface area contributed by atoms with Crippen LogP contribution < -0.4 is 5.32 Å². The third-order valence-electron chi connectivity index (χ3n) is 2.79. The number of fused-ring (bicyclic) bond motifs is 1. The molecular formula is C15H18N2O4S. The van der Waals surface area contributed by atoms with Crippen molar-refractivity contribution in [1.29, 1.82) is 0 Å². The molecule has 0 saturated carbocycles. The summed E-state index contributed by atoms with van der Waals surface area (Å²) < 4.78 is 10.3. The summed E-state index contributed by atoms with van der Waals surface area (Å²) in [6, 6.07) is 7.45. The summed E-state index contributed by atoms with van der Waals surface area (Å²) in [4.78, 5) is 27.1. The van der Waals surface area contributed by atoms with Crippen molar-refractivity contribution in [3.63, 3.8) is 0 Å². The number of ether oxygens (including phenoxy) is 1. The second-order valence-electron chi connectivity index (χ2n) is 4.49. The summed E-state index contributed by atoms with van der Waals surface area (Å²) in [6.45, 7) is 2.60. The highest BCUT2D eigenvalue weighted by Crippen LogP contribution is 2.22. The number of hydrogen-bond acceptors (Lipinski definition) is 6. The van der Waals surface area contributed by atoms with Crippen LogP contribution in [0, 0.1) is 0 Å². The second kappa shape index (κ2) is 8.43. The number of aromatic nitrogens is 1. The predicted molar refractivity (Wildman–Crippen MR) is 83.6 cm³/mol. The van der Waals surface area contributed by atoms with Crippen LogP contribution in [0.15, 0.2) is 33.9 Å². The standard InChI is InChI=1S/C15H18N2O4S/c1-2-20-14(19)8-5-9-16-13(18)10-22-15-17-11-6-3-4-7-12(11)21-15/h3-4,6-7H,2,5,8-10H2,1H3,(H,16,18). The van der Waals surface area contributed by atoms with Gasteiger partial charge in [0.05, 0.1) is 12.4 Å². The van der Waals surface area contributed by atoms with Gasteiger partial charge in [-0.15, -0.1) is 0 Å². The molecule has 0 saturated heterocycles. The zero-order valence-electron chi connectivity index (χ0n) is 12.3. The lowest BCUT2D eigenvalue weighted by molar-refractivity contribution is -0.143. The number of carbonyl (C=O) groups excluding carboxylic acids is 2. The summed E-state index contributed by atoms with van der Waals surface area (Å²) in [7, 11) is 0. The zero-order chi connectivity index (χ0) is 15.8. The summed E-state index contributed by atoms with van der Waals surface area (Å²) in [6.07, 6.45) is 0.879. The first-order chi connectivity index (χ1) is 10.7. The lowest BCUT2D eigenvalue weighted by Crippen LogP contribution is -2.26. The molecule has 2 rings (SSSR count). The summed E-state index contributed by atoms with van der Waals surface area (Å²) >= 11 is 1.25. The molecule has 0 aliphatic rings. The highest BCUT2D eigenvalue weighted by Gasteiger charge is 2.09. The molecule has 0 aliphatic carbocycles. The Morgan fingerprint density at radius 2 is 2.18 bits per heavy atom. The molecule has 118 valence electrons. The molecule has 1 N–H and O–H groups in total. The van der Waals surface area contributed by atoms with Crippen molar-refractivity contribution < 1.29 is 18.7 Å². The third kappa shape index (κ3) is 5.07. The highest BCUT2D eigenvalue weighted by molar-refractivity contribution is 7.99. The molecule has 1 heterocycles. The van der Waals surface area contributed by atoms with E-state index in [4.69, 9.17) is 9.15 Å². The minimum atomic E-state index is -0.238. The van der Waals surface area contributed by atoms with Crippen LogP contribution in [0.3, 0.4) is 0 Å². The summed E-state index contributed by atoms with van der Waals surface area (Å²) in [5, 5.41) is 3.22. The van der Waals surface area contributed by atoms with E-state index in [1.807, 2.05) is 24.3 Å². The van der Waals surface area contributed by atoms with E-state index in [2.05, 4.69) is 10.3 Å². The molecule has 1 aromatic heterocycles. The topological polar surface area (TPSA) is 81.4 Å². The van der Waals surface area contributed by atoms with Crippen LogP contribution >= 0.6 is 11.8 Å². The first-order valence-electron chi connectivity index (χ1n) is 7.09. The van der Waals surface area contributed by atoms with Crippen LogP contribution in [0.4, 0.5) is 0 Å². The number of esters is 1. The molecular weight excluding hydrogens is 304 g/mol. The van der Waals surface area contributed by atoms with E-state index in [0.717, 1.165) is 5.52 Å². The minimum absolute atomic E-state index is 0.115. The SMILES string of the molecule is CCOC(=O)CCCNC(=O)CSc1nc2ccccc2o1. The van der Waals surface area contributed by atoms with Crippen LogP contribution in [-0.2, 0) is 14.3 Å². The number of hydrogen-bond donors (Lipinski definition) is 1. The molecule has 22 heavy (non-hydrogen) atoms. The fourth-order valence-corrected chi connectivity index (χ4v) is 2.45. The molecule has 0 spiro atoms. The van der Waals surface area contributed by atoms with Crippen molar-refractivity contribution in [2.45, 2.75) is 25.0 Å². The molecule has 0 bridgehead atoms. The van der Waals surface area contributed by atoms with E-state index in [0.29, 0.717) is 36.8 Å². The van der Waals surface area contributed by atoms with Crippen molar-refractivity contribution in [3.05, 3.63) is 24.3 Å². The number of para-hydroxylation sites is 2. The number of rotatable bonds is 8. The average molecular weight is 322 g/mol. The molecule has 0 radical (unpaired) electrons. The molecule has 0 fully saturated rings. The van der Waals surface area contributed by atoms with E-state index in [1.54, 1.807) is 6.92 Å². The first kappa shape index (κ1) is 16.4. The second-order valence-corrected chi connectivity index (χ2v) is 5.42. The van der Waals surface area contributed by atoms with Crippen LogP contribution in [0.5, 0.6) is 0 Å². The van der Waals surface area contributed by atoms with E-state index >= 15 is 0 Å². The Balaban J connectivity index is 1.66. The molecule has 0 unspecified atom stereocenters. The van der Waals surface area contributed by atoms with Crippen LogP contribution in [0.2, 0.25) is 0 Å². The molecule has 0 atom stereocenters. The zero-order valence-corrected chi connectivity index (χ0v) is 13.1. The maximum atomic E-state index is 11.7.